The molecular weight excluding hydrogens is 263 g/mol. The minimum absolute atomic E-state index is 0.00904. The number of benzene rings is 1. The van der Waals surface area contributed by atoms with E-state index in [9.17, 15) is 18.0 Å². The molecule has 0 atom stereocenters. The van der Waals surface area contributed by atoms with Crippen molar-refractivity contribution >= 4 is 5.97 Å². The summed E-state index contributed by atoms with van der Waals surface area (Å²) in [5.41, 5.74) is 0.275. The lowest BCUT2D eigenvalue weighted by atomic mass is 9.98. The summed E-state index contributed by atoms with van der Waals surface area (Å²) in [7, 11) is 0. The van der Waals surface area contributed by atoms with Gasteiger partial charge in [0.05, 0.1) is 18.1 Å². The van der Waals surface area contributed by atoms with Crippen LogP contribution in [0.3, 0.4) is 0 Å². The first-order chi connectivity index (χ1) is 8.76. The molecule has 0 radical (unpaired) electrons. The van der Waals surface area contributed by atoms with Crippen LogP contribution in [0, 0.1) is 11.3 Å². The van der Waals surface area contributed by atoms with Crippen LogP contribution in [0.25, 0.3) is 0 Å². The Morgan fingerprint density at radius 3 is 2.53 bits per heavy atom. The third-order valence-corrected chi connectivity index (χ3v) is 2.37. The average Bonchev–Trinajstić information content (AvgIpc) is 2.28. The molecule has 0 saturated carbocycles. The Morgan fingerprint density at radius 1 is 1.47 bits per heavy atom. The molecule has 0 aliphatic rings. The Kier molecular flexibility index (Phi) is 4.38. The number of ether oxygens (including phenoxy) is 1. The van der Waals surface area contributed by atoms with Gasteiger partial charge in [0.25, 0.3) is 0 Å². The Hall–Kier alpha value is -2.23. The van der Waals surface area contributed by atoms with E-state index >= 15 is 0 Å². The molecular formula is C12H10F3NO3. The Bertz CT molecular complexity index is 532. The number of nitriles is 1. The van der Waals surface area contributed by atoms with Gasteiger partial charge >= 0.3 is 12.3 Å². The predicted molar refractivity (Wildman–Crippen MR) is 58.6 cm³/mol. The van der Waals surface area contributed by atoms with Gasteiger partial charge in [0.2, 0.25) is 0 Å². The van der Waals surface area contributed by atoms with Crippen molar-refractivity contribution in [3.8, 4) is 11.8 Å². The molecule has 0 bridgehead atoms. The van der Waals surface area contributed by atoms with Gasteiger partial charge in [-0.3, -0.25) is 4.79 Å². The fraction of sp³-hybridized carbons (Fsp3) is 0.333. The largest absolute Gasteiger partial charge is 0.573 e. The van der Waals surface area contributed by atoms with Crippen molar-refractivity contribution in [3.63, 3.8) is 0 Å². The molecule has 4 nitrogen and oxygen atoms in total. The van der Waals surface area contributed by atoms with E-state index in [1.54, 1.807) is 13.0 Å². The number of hydrogen-bond acceptors (Lipinski definition) is 3. The smallest absolute Gasteiger partial charge is 0.481 e. The molecule has 0 saturated heterocycles. The van der Waals surface area contributed by atoms with Crippen LogP contribution in [0.2, 0.25) is 0 Å². The molecule has 0 amide bonds. The summed E-state index contributed by atoms with van der Waals surface area (Å²) in [6.45, 7) is 1.65. The highest BCUT2D eigenvalue weighted by Gasteiger charge is 2.33. The van der Waals surface area contributed by atoms with Crippen LogP contribution >= 0.6 is 0 Å². The number of carbonyl (C=O) groups is 1. The lowest BCUT2D eigenvalue weighted by molar-refractivity contribution is -0.275. The fourth-order valence-corrected chi connectivity index (χ4v) is 1.65. The third-order valence-electron chi connectivity index (χ3n) is 2.37. The summed E-state index contributed by atoms with van der Waals surface area (Å²) in [6.07, 6.45) is -5.24. The van der Waals surface area contributed by atoms with E-state index in [1.807, 2.05) is 0 Å². The van der Waals surface area contributed by atoms with Gasteiger partial charge in [0, 0.05) is 5.56 Å². The molecule has 0 fully saturated rings. The Labute approximate surface area is 107 Å². The first-order valence-corrected chi connectivity index (χ1v) is 5.30. The summed E-state index contributed by atoms with van der Waals surface area (Å²) in [5, 5.41) is 17.5. The van der Waals surface area contributed by atoms with Crippen molar-refractivity contribution in [2.45, 2.75) is 26.1 Å². The summed E-state index contributed by atoms with van der Waals surface area (Å²) in [6, 6.07) is 3.97. The highest BCUT2D eigenvalue weighted by Crippen LogP contribution is 2.31. The van der Waals surface area contributed by atoms with E-state index in [1.165, 1.54) is 6.07 Å². The van der Waals surface area contributed by atoms with Crippen LogP contribution < -0.4 is 4.74 Å². The highest BCUT2D eigenvalue weighted by molar-refractivity contribution is 5.72. The Morgan fingerprint density at radius 2 is 2.11 bits per heavy atom. The SMILES string of the molecule is CCc1cc(C#N)cc(OC(F)(F)F)c1CC(=O)O. The Balaban J connectivity index is 3.37. The lowest BCUT2D eigenvalue weighted by Gasteiger charge is -2.15. The van der Waals surface area contributed by atoms with Gasteiger partial charge in [-0.15, -0.1) is 13.2 Å². The molecule has 0 heterocycles. The maximum Gasteiger partial charge on any atom is 0.573 e. The lowest BCUT2D eigenvalue weighted by Crippen LogP contribution is -2.19. The second kappa shape index (κ2) is 5.61. The molecule has 1 rings (SSSR count). The number of carboxylic acid groups (broad SMARTS) is 1. The van der Waals surface area contributed by atoms with Crippen molar-refractivity contribution in [2.75, 3.05) is 0 Å². The van der Waals surface area contributed by atoms with Crippen LogP contribution in [0.5, 0.6) is 5.75 Å². The molecule has 1 aromatic carbocycles. The first-order valence-electron chi connectivity index (χ1n) is 5.30. The molecule has 0 aromatic heterocycles. The fourth-order valence-electron chi connectivity index (χ4n) is 1.65. The predicted octanol–water partition coefficient (Wildman–Crippen LogP) is 2.65. The van der Waals surface area contributed by atoms with Crippen LogP contribution in [0.4, 0.5) is 13.2 Å². The zero-order chi connectivity index (χ0) is 14.6. The third kappa shape index (κ3) is 4.17. The number of halogens is 3. The van der Waals surface area contributed by atoms with Crippen LogP contribution in [0.15, 0.2) is 12.1 Å². The van der Waals surface area contributed by atoms with Crippen molar-refractivity contribution < 1.29 is 27.8 Å². The molecule has 102 valence electrons. The average molecular weight is 273 g/mol. The first kappa shape index (κ1) is 14.8. The van der Waals surface area contributed by atoms with Gasteiger partial charge in [0.15, 0.2) is 0 Å². The van der Waals surface area contributed by atoms with Crippen molar-refractivity contribution in [3.05, 3.63) is 28.8 Å². The normalized spacial score (nSPS) is 10.9. The zero-order valence-electron chi connectivity index (χ0n) is 9.91. The minimum Gasteiger partial charge on any atom is -0.481 e. The number of aryl methyl sites for hydroxylation is 1. The van der Waals surface area contributed by atoms with Gasteiger partial charge in [-0.05, 0) is 24.1 Å². The van der Waals surface area contributed by atoms with E-state index < -0.39 is 24.5 Å². The van der Waals surface area contributed by atoms with Crippen LogP contribution in [-0.4, -0.2) is 17.4 Å². The number of nitrogens with zero attached hydrogens (tertiary/aromatic N) is 1. The highest BCUT2D eigenvalue weighted by atomic mass is 19.4. The molecule has 7 heteroatoms. The van der Waals surface area contributed by atoms with Crippen molar-refractivity contribution in [2.24, 2.45) is 0 Å². The molecule has 0 aliphatic heterocycles. The van der Waals surface area contributed by atoms with Gasteiger partial charge in [0.1, 0.15) is 5.75 Å². The standard InChI is InChI=1S/C12H10F3NO3/c1-2-8-3-7(6-16)4-10(19-12(13,14)15)9(8)5-11(17)18/h3-4H,2,5H2,1H3,(H,17,18). The molecule has 0 aliphatic carbocycles. The number of rotatable bonds is 4. The van der Waals surface area contributed by atoms with E-state index in [0.717, 1.165) is 6.07 Å². The monoisotopic (exact) mass is 273 g/mol. The van der Waals surface area contributed by atoms with Gasteiger partial charge < -0.3 is 9.84 Å². The topological polar surface area (TPSA) is 70.3 Å². The number of alkyl halides is 3. The maximum absolute atomic E-state index is 12.3. The minimum atomic E-state index is -4.94. The molecule has 19 heavy (non-hydrogen) atoms. The van der Waals surface area contributed by atoms with Gasteiger partial charge in [-0.25, -0.2) is 0 Å². The van der Waals surface area contributed by atoms with Crippen molar-refractivity contribution in [1.29, 1.82) is 5.26 Å². The van der Waals surface area contributed by atoms with E-state index in [-0.39, 0.29) is 11.1 Å². The van der Waals surface area contributed by atoms with E-state index in [0.29, 0.717) is 12.0 Å². The summed E-state index contributed by atoms with van der Waals surface area (Å²) < 4.78 is 40.6. The molecule has 0 spiro atoms. The molecule has 0 unspecified atom stereocenters. The molecule has 1 N–H and O–H groups in total. The van der Waals surface area contributed by atoms with E-state index in [4.69, 9.17) is 10.4 Å². The number of carboxylic acids is 1. The summed E-state index contributed by atoms with van der Waals surface area (Å²) >= 11 is 0. The quantitative estimate of drug-likeness (QED) is 0.915. The maximum atomic E-state index is 12.3. The van der Waals surface area contributed by atoms with Crippen molar-refractivity contribution in [1.82, 2.24) is 0 Å². The second-order valence-corrected chi connectivity index (χ2v) is 3.70. The summed E-state index contributed by atoms with van der Waals surface area (Å²) in [5.74, 6) is -1.91. The van der Waals surface area contributed by atoms with Gasteiger partial charge in [-0.1, -0.05) is 6.92 Å². The second-order valence-electron chi connectivity index (χ2n) is 3.70. The number of aliphatic carboxylic acids is 1. The molecule has 1 aromatic rings. The number of hydrogen-bond donors (Lipinski definition) is 1. The zero-order valence-corrected chi connectivity index (χ0v) is 9.91. The van der Waals surface area contributed by atoms with Crippen LogP contribution in [-0.2, 0) is 17.6 Å². The van der Waals surface area contributed by atoms with E-state index in [2.05, 4.69) is 4.74 Å². The van der Waals surface area contributed by atoms with Crippen LogP contribution in [0.1, 0.15) is 23.6 Å². The van der Waals surface area contributed by atoms with Gasteiger partial charge in [-0.2, -0.15) is 5.26 Å². The summed E-state index contributed by atoms with van der Waals surface area (Å²) in [4.78, 5) is 10.7.